The number of carboxylic acids is 1. The molecule has 0 aromatic carbocycles. The van der Waals surface area contributed by atoms with Gasteiger partial charge in [-0.05, 0) is 104 Å². The number of ether oxygens (including phenoxy) is 1. The highest BCUT2D eigenvalue weighted by Crippen LogP contribution is 2.69. The third-order valence-electron chi connectivity index (χ3n) is 11.7. The lowest BCUT2D eigenvalue weighted by molar-refractivity contribution is -0.203. The second-order valence-corrected chi connectivity index (χ2v) is 13.1. The zero-order valence-corrected chi connectivity index (χ0v) is 22.4. The van der Waals surface area contributed by atoms with Gasteiger partial charge in [0.15, 0.2) is 5.75 Å². The van der Waals surface area contributed by atoms with Gasteiger partial charge in [-0.2, -0.15) is 0 Å². The first-order valence-corrected chi connectivity index (χ1v) is 14.3. The molecule has 7 nitrogen and oxygen atoms in total. The van der Waals surface area contributed by atoms with Crippen molar-refractivity contribution >= 4 is 5.97 Å². The lowest BCUT2D eigenvalue weighted by atomic mass is 9.41. The summed E-state index contributed by atoms with van der Waals surface area (Å²) < 4.78 is 10.5. The summed E-state index contributed by atoms with van der Waals surface area (Å²) in [7, 11) is 0. The van der Waals surface area contributed by atoms with Crippen molar-refractivity contribution < 1.29 is 29.4 Å². The second kappa shape index (κ2) is 9.61. The van der Waals surface area contributed by atoms with Gasteiger partial charge in [-0.25, -0.2) is 4.79 Å². The molecule has 4 aliphatic carbocycles. The average Bonchev–Trinajstić information content (AvgIpc) is 3.44. The van der Waals surface area contributed by atoms with Crippen LogP contribution < -0.4 is 4.74 Å². The van der Waals surface area contributed by atoms with Crippen LogP contribution in [-0.2, 0) is 0 Å². The van der Waals surface area contributed by atoms with Crippen LogP contribution in [0.25, 0.3) is 0 Å². The molecule has 4 fully saturated rings. The number of hydrogen-bond acceptors (Lipinski definition) is 6. The van der Waals surface area contributed by atoms with Crippen LogP contribution in [0.2, 0.25) is 0 Å². The Morgan fingerprint density at radius 1 is 1.14 bits per heavy atom. The fraction of sp³-hybridized carbons (Fsp3) is 0.862. The van der Waals surface area contributed by atoms with E-state index in [4.69, 9.17) is 9.26 Å². The molecule has 11 atom stereocenters. The molecule has 1 aromatic heterocycles. The van der Waals surface area contributed by atoms with Crippen molar-refractivity contribution in [2.75, 3.05) is 6.61 Å². The second-order valence-electron chi connectivity index (χ2n) is 13.1. The zero-order valence-electron chi connectivity index (χ0n) is 22.4. The van der Waals surface area contributed by atoms with E-state index in [0.29, 0.717) is 42.1 Å². The van der Waals surface area contributed by atoms with Gasteiger partial charge in [0.2, 0.25) is 0 Å². The van der Waals surface area contributed by atoms with Crippen LogP contribution in [0.4, 0.5) is 0 Å². The zero-order chi connectivity index (χ0) is 25.8. The summed E-state index contributed by atoms with van der Waals surface area (Å²) in [6.45, 7) is 9.95. The van der Waals surface area contributed by atoms with E-state index in [1.54, 1.807) is 0 Å². The molecule has 0 unspecified atom stereocenters. The Morgan fingerprint density at radius 3 is 2.58 bits per heavy atom. The minimum Gasteiger partial charge on any atom is -0.488 e. The number of nitrogens with zero attached hydrogens (tertiary/aromatic N) is 1. The number of aromatic carboxylic acids is 1. The third kappa shape index (κ3) is 4.00. The van der Waals surface area contributed by atoms with E-state index in [1.807, 2.05) is 0 Å². The maximum Gasteiger partial charge on any atom is 0.378 e. The van der Waals surface area contributed by atoms with E-state index in [9.17, 15) is 20.1 Å². The van der Waals surface area contributed by atoms with E-state index in [1.165, 1.54) is 31.9 Å². The monoisotopic (exact) mass is 503 g/mol. The molecule has 0 saturated heterocycles. The molecule has 4 aliphatic rings. The van der Waals surface area contributed by atoms with Gasteiger partial charge in [0.25, 0.3) is 5.76 Å². The Labute approximate surface area is 215 Å². The molecule has 202 valence electrons. The number of aromatic nitrogens is 1. The highest BCUT2D eigenvalue weighted by molar-refractivity contribution is 5.87. The summed E-state index contributed by atoms with van der Waals surface area (Å²) in [5.41, 5.74) is 0.434. The summed E-state index contributed by atoms with van der Waals surface area (Å²) in [6.07, 6.45) is 10.3. The molecule has 0 aliphatic heterocycles. The maximum absolute atomic E-state index is 11.8. The number of rotatable bonds is 7. The summed E-state index contributed by atoms with van der Waals surface area (Å²) >= 11 is 0. The molecule has 1 aromatic rings. The highest BCUT2D eigenvalue weighted by Gasteiger charge is 2.64. The van der Waals surface area contributed by atoms with E-state index in [2.05, 4.69) is 32.9 Å². The standard InChI is InChI=1S/C29H45NO6/c1-5-18-22-14-17(31)8-11-29(22,4)21-9-12-28(3)19(6-7-20(28)24(21)25(18)32)16(2)10-13-35-23-15-30-36-26(23)27(33)34/h15-22,24-25,31-32H,5-14H2,1-4H3,(H,33,34)/t16-,17-,18-,19-,20+,21+,22+,24+,25-,28-,29-/m1/s1. The Bertz CT molecular complexity index is 948. The van der Waals surface area contributed by atoms with Gasteiger partial charge in [0.1, 0.15) is 6.20 Å². The molecule has 7 heteroatoms. The summed E-state index contributed by atoms with van der Waals surface area (Å²) in [5.74, 6) is 1.95. The summed E-state index contributed by atoms with van der Waals surface area (Å²) in [6, 6.07) is 0. The van der Waals surface area contributed by atoms with Crippen molar-refractivity contribution in [3.63, 3.8) is 0 Å². The molecule has 4 saturated carbocycles. The predicted octanol–water partition coefficient (Wildman–Crippen LogP) is 5.40. The van der Waals surface area contributed by atoms with Crippen LogP contribution in [0.5, 0.6) is 5.75 Å². The van der Waals surface area contributed by atoms with Crippen molar-refractivity contribution in [3.05, 3.63) is 12.0 Å². The number of carbonyl (C=O) groups is 1. The Morgan fingerprint density at radius 2 is 1.86 bits per heavy atom. The Kier molecular flexibility index (Phi) is 6.95. The van der Waals surface area contributed by atoms with Crippen LogP contribution >= 0.6 is 0 Å². The van der Waals surface area contributed by atoms with Gasteiger partial charge in [-0.15, -0.1) is 0 Å². The lowest BCUT2D eigenvalue weighted by Crippen LogP contribution is -2.62. The van der Waals surface area contributed by atoms with E-state index >= 15 is 0 Å². The van der Waals surface area contributed by atoms with Crippen LogP contribution in [0.3, 0.4) is 0 Å². The van der Waals surface area contributed by atoms with Crippen molar-refractivity contribution in [3.8, 4) is 5.75 Å². The lowest BCUT2D eigenvalue weighted by Gasteiger charge is -2.64. The molecule has 3 N–H and O–H groups in total. The van der Waals surface area contributed by atoms with Crippen molar-refractivity contribution in [1.82, 2.24) is 5.16 Å². The minimum absolute atomic E-state index is 0.196. The SMILES string of the molecule is CC[C@H]1[C@@H](O)[C@@H]2[C@H](CC[C@]3(C)[C@@H]([C@H](C)CCOc4cnoc4C(=O)O)CC[C@@H]23)[C@@]2(C)CC[C@@H](O)C[C@@H]12. The molecular formula is C29H45NO6. The van der Waals surface area contributed by atoms with Gasteiger partial charge in [0.05, 0.1) is 18.8 Å². The molecule has 0 radical (unpaired) electrons. The van der Waals surface area contributed by atoms with Crippen molar-refractivity contribution in [1.29, 1.82) is 0 Å². The first-order valence-electron chi connectivity index (χ1n) is 14.3. The average molecular weight is 504 g/mol. The number of aliphatic hydroxyl groups excluding tert-OH is 2. The maximum atomic E-state index is 11.8. The van der Waals surface area contributed by atoms with Crippen molar-refractivity contribution in [2.45, 2.75) is 97.7 Å². The normalized spacial score (nSPS) is 44.8. The van der Waals surface area contributed by atoms with Gasteiger partial charge >= 0.3 is 5.97 Å². The van der Waals surface area contributed by atoms with Gasteiger partial charge in [-0.1, -0.05) is 39.3 Å². The molecule has 0 amide bonds. The van der Waals surface area contributed by atoms with Gasteiger partial charge in [-0.3, -0.25) is 0 Å². The summed E-state index contributed by atoms with van der Waals surface area (Å²) in [4.78, 5) is 11.3. The Hall–Kier alpha value is -1.60. The highest BCUT2D eigenvalue weighted by atomic mass is 16.5. The van der Waals surface area contributed by atoms with Gasteiger partial charge < -0.3 is 24.6 Å². The molecule has 0 spiro atoms. The largest absolute Gasteiger partial charge is 0.488 e. The van der Waals surface area contributed by atoms with E-state index in [-0.39, 0.29) is 40.5 Å². The van der Waals surface area contributed by atoms with Crippen LogP contribution in [0, 0.1) is 52.3 Å². The quantitative estimate of drug-likeness (QED) is 0.456. The van der Waals surface area contributed by atoms with Crippen LogP contribution in [0.1, 0.15) is 96.0 Å². The van der Waals surface area contributed by atoms with Crippen molar-refractivity contribution in [2.24, 2.45) is 52.3 Å². The number of carboxylic acid groups (broad SMARTS) is 1. The topological polar surface area (TPSA) is 113 Å². The Balaban J connectivity index is 1.30. The smallest absolute Gasteiger partial charge is 0.378 e. The molecule has 36 heavy (non-hydrogen) atoms. The van der Waals surface area contributed by atoms with Crippen LogP contribution in [0.15, 0.2) is 10.7 Å². The predicted molar refractivity (Wildman–Crippen MR) is 135 cm³/mol. The number of hydrogen-bond donors (Lipinski definition) is 3. The van der Waals surface area contributed by atoms with E-state index < -0.39 is 5.97 Å². The van der Waals surface area contributed by atoms with Gasteiger partial charge in [0, 0.05) is 0 Å². The molecule has 5 rings (SSSR count). The fourth-order valence-electron chi connectivity index (χ4n) is 9.97. The van der Waals surface area contributed by atoms with Crippen LogP contribution in [-0.4, -0.2) is 45.3 Å². The number of fused-ring (bicyclic) bond motifs is 5. The first-order chi connectivity index (χ1) is 17.1. The number of aliphatic hydroxyl groups is 2. The minimum atomic E-state index is -1.17. The molecular weight excluding hydrogens is 458 g/mol. The van der Waals surface area contributed by atoms with E-state index in [0.717, 1.165) is 32.1 Å². The molecule has 0 bridgehead atoms. The molecule has 1 heterocycles. The third-order valence-corrected chi connectivity index (χ3v) is 11.7. The summed E-state index contributed by atoms with van der Waals surface area (Å²) in [5, 5.41) is 35.1. The first kappa shape index (κ1) is 26.0. The fourth-order valence-corrected chi connectivity index (χ4v) is 9.97.